The Morgan fingerprint density at radius 2 is 2.00 bits per heavy atom. The third kappa shape index (κ3) is 4.71. The summed E-state index contributed by atoms with van der Waals surface area (Å²) in [6.45, 7) is -0.540. The number of carbonyl (C=O) groups excluding carboxylic acids is 1. The van der Waals surface area contributed by atoms with Crippen molar-refractivity contribution in [3.63, 3.8) is 0 Å². The summed E-state index contributed by atoms with van der Waals surface area (Å²) < 4.78 is 41.4. The van der Waals surface area contributed by atoms with Crippen molar-refractivity contribution in [1.29, 1.82) is 0 Å². The number of halogens is 3. The third-order valence-electron chi connectivity index (χ3n) is 4.21. The zero-order valence-electron chi connectivity index (χ0n) is 15.1. The van der Waals surface area contributed by atoms with Crippen molar-refractivity contribution < 1.29 is 27.8 Å². The van der Waals surface area contributed by atoms with Crippen LogP contribution in [0.5, 0.6) is 11.5 Å². The second-order valence-corrected chi connectivity index (χ2v) is 6.85. The summed E-state index contributed by atoms with van der Waals surface area (Å²) >= 11 is 3.40. The second-order valence-electron chi connectivity index (χ2n) is 5.93. The maximum atomic E-state index is 12.9. The smallest absolute Gasteiger partial charge is 0.387 e. The number of morpholine rings is 1. The molecule has 0 saturated carbocycles. The average molecular weight is 457 g/mol. The first kappa shape index (κ1) is 20.3. The van der Waals surface area contributed by atoms with E-state index in [1.165, 1.54) is 25.3 Å². The van der Waals surface area contributed by atoms with Crippen LogP contribution in [0.15, 0.2) is 40.9 Å². The van der Waals surface area contributed by atoms with E-state index in [-0.39, 0.29) is 17.1 Å². The van der Waals surface area contributed by atoms with E-state index in [1.807, 2.05) is 12.1 Å². The first-order valence-corrected chi connectivity index (χ1v) is 9.34. The van der Waals surface area contributed by atoms with Crippen LogP contribution in [-0.2, 0) is 4.74 Å². The quantitative estimate of drug-likeness (QED) is 0.707. The van der Waals surface area contributed by atoms with Crippen molar-refractivity contribution in [2.45, 2.75) is 6.61 Å². The summed E-state index contributed by atoms with van der Waals surface area (Å²) in [6, 6.07) is 9.91. The van der Waals surface area contributed by atoms with Gasteiger partial charge >= 0.3 is 6.61 Å². The molecule has 0 bridgehead atoms. The lowest BCUT2D eigenvalue weighted by Crippen LogP contribution is -2.36. The molecule has 150 valence electrons. The van der Waals surface area contributed by atoms with Gasteiger partial charge in [-0.25, -0.2) is 0 Å². The molecule has 0 spiro atoms. The minimum Gasteiger partial charge on any atom is -0.493 e. The summed E-state index contributed by atoms with van der Waals surface area (Å²) in [5.74, 6) is -0.835. The summed E-state index contributed by atoms with van der Waals surface area (Å²) in [7, 11) is 1.32. The van der Waals surface area contributed by atoms with Crippen molar-refractivity contribution in [2.75, 3.05) is 43.6 Å². The summed E-state index contributed by atoms with van der Waals surface area (Å²) in [5.41, 5.74) is 1.32. The first-order chi connectivity index (χ1) is 13.5. The van der Waals surface area contributed by atoms with Crippen molar-refractivity contribution in [2.24, 2.45) is 0 Å². The highest BCUT2D eigenvalue weighted by molar-refractivity contribution is 9.10. The number of ether oxygens (including phenoxy) is 3. The van der Waals surface area contributed by atoms with Crippen LogP contribution in [0.4, 0.5) is 20.2 Å². The van der Waals surface area contributed by atoms with Crippen LogP contribution in [0.2, 0.25) is 0 Å². The van der Waals surface area contributed by atoms with Crippen LogP contribution < -0.4 is 19.7 Å². The molecule has 28 heavy (non-hydrogen) atoms. The van der Waals surface area contributed by atoms with E-state index in [2.05, 4.69) is 30.9 Å². The van der Waals surface area contributed by atoms with E-state index in [0.717, 1.165) is 10.2 Å². The average Bonchev–Trinajstić information content (AvgIpc) is 2.68. The van der Waals surface area contributed by atoms with Crippen LogP contribution >= 0.6 is 15.9 Å². The Labute approximate surface area is 169 Å². The highest BCUT2D eigenvalue weighted by Gasteiger charge is 2.22. The highest BCUT2D eigenvalue weighted by Crippen LogP contribution is 2.35. The number of hydrogen-bond donors (Lipinski definition) is 1. The monoisotopic (exact) mass is 456 g/mol. The van der Waals surface area contributed by atoms with Gasteiger partial charge in [-0.05, 0) is 30.3 Å². The fourth-order valence-electron chi connectivity index (χ4n) is 2.94. The number of carbonyl (C=O) groups is 1. The van der Waals surface area contributed by atoms with E-state index in [0.29, 0.717) is 32.0 Å². The number of rotatable bonds is 6. The number of hydrogen-bond acceptors (Lipinski definition) is 5. The van der Waals surface area contributed by atoms with E-state index in [1.54, 1.807) is 6.07 Å². The molecule has 1 saturated heterocycles. The predicted octanol–water partition coefficient (Wildman–Crippen LogP) is 4.15. The van der Waals surface area contributed by atoms with Crippen molar-refractivity contribution >= 4 is 33.2 Å². The Kier molecular flexibility index (Phi) is 6.69. The number of benzene rings is 2. The molecule has 1 N–H and O–H groups in total. The zero-order chi connectivity index (χ0) is 20.1. The van der Waals surface area contributed by atoms with Crippen molar-refractivity contribution in [3.05, 3.63) is 46.4 Å². The Hall–Kier alpha value is -2.39. The minimum absolute atomic E-state index is 0.0486. The molecule has 2 aromatic carbocycles. The molecular weight excluding hydrogens is 438 g/mol. The molecule has 9 heteroatoms. The predicted molar refractivity (Wildman–Crippen MR) is 105 cm³/mol. The van der Waals surface area contributed by atoms with Gasteiger partial charge in [-0.3, -0.25) is 4.79 Å². The minimum atomic E-state index is -3.09. The van der Waals surface area contributed by atoms with Crippen molar-refractivity contribution in [1.82, 2.24) is 0 Å². The molecule has 6 nitrogen and oxygen atoms in total. The summed E-state index contributed by atoms with van der Waals surface area (Å²) in [4.78, 5) is 15.0. The van der Waals surface area contributed by atoms with Crippen LogP contribution in [0.25, 0.3) is 0 Å². The standard InChI is InChI=1S/C19H19BrF2N2O4/c1-26-16-4-2-3-13(17(16)28-19(21)22)18(25)23-14-11-12(20)5-6-15(14)24-7-9-27-10-8-24/h2-6,11,19H,7-10H2,1H3,(H,23,25). The molecule has 1 heterocycles. The molecule has 1 aliphatic heterocycles. The number of amides is 1. The molecule has 1 aliphatic rings. The number of nitrogens with one attached hydrogen (secondary N) is 1. The van der Waals surface area contributed by atoms with Gasteiger partial charge in [0.2, 0.25) is 0 Å². The van der Waals surface area contributed by atoms with Gasteiger partial charge in [-0.2, -0.15) is 8.78 Å². The van der Waals surface area contributed by atoms with Crippen LogP contribution in [0.3, 0.4) is 0 Å². The first-order valence-electron chi connectivity index (χ1n) is 8.55. The normalized spacial score (nSPS) is 14.1. The highest BCUT2D eigenvalue weighted by atomic mass is 79.9. The fraction of sp³-hybridized carbons (Fsp3) is 0.316. The lowest BCUT2D eigenvalue weighted by molar-refractivity contribution is -0.0515. The Morgan fingerprint density at radius 1 is 1.25 bits per heavy atom. The largest absolute Gasteiger partial charge is 0.493 e. The number of alkyl halides is 2. The van der Waals surface area contributed by atoms with Gasteiger partial charge in [-0.1, -0.05) is 22.0 Å². The van der Waals surface area contributed by atoms with Gasteiger partial charge in [0.25, 0.3) is 5.91 Å². The van der Waals surface area contributed by atoms with E-state index >= 15 is 0 Å². The Bertz CT molecular complexity index is 845. The molecule has 0 unspecified atom stereocenters. The molecular formula is C19H19BrF2N2O4. The molecule has 0 aromatic heterocycles. The lowest BCUT2D eigenvalue weighted by Gasteiger charge is -2.30. The topological polar surface area (TPSA) is 60.0 Å². The van der Waals surface area contributed by atoms with Gasteiger partial charge in [0, 0.05) is 17.6 Å². The van der Waals surface area contributed by atoms with E-state index < -0.39 is 12.5 Å². The van der Waals surface area contributed by atoms with Crippen LogP contribution in [0.1, 0.15) is 10.4 Å². The van der Waals surface area contributed by atoms with E-state index in [9.17, 15) is 13.6 Å². The van der Waals surface area contributed by atoms with Gasteiger partial charge in [-0.15, -0.1) is 0 Å². The van der Waals surface area contributed by atoms with Gasteiger partial charge in [0.1, 0.15) is 0 Å². The van der Waals surface area contributed by atoms with Gasteiger partial charge < -0.3 is 24.4 Å². The fourth-order valence-corrected chi connectivity index (χ4v) is 3.31. The molecule has 0 atom stereocenters. The Balaban J connectivity index is 1.92. The van der Waals surface area contributed by atoms with Gasteiger partial charge in [0.15, 0.2) is 11.5 Å². The van der Waals surface area contributed by atoms with Gasteiger partial charge in [0.05, 0.1) is 37.3 Å². The molecule has 3 rings (SSSR count). The second kappa shape index (κ2) is 9.20. The lowest BCUT2D eigenvalue weighted by atomic mass is 10.1. The van der Waals surface area contributed by atoms with Crippen LogP contribution in [-0.4, -0.2) is 45.9 Å². The summed E-state index contributed by atoms with van der Waals surface area (Å²) in [6.07, 6.45) is 0. The third-order valence-corrected chi connectivity index (χ3v) is 4.70. The number of para-hydroxylation sites is 1. The molecule has 1 fully saturated rings. The number of methoxy groups -OCH3 is 1. The molecule has 0 aliphatic carbocycles. The van der Waals surface area contributed by atoms with Crippen molar-refractivity contribution in [3.8, 4) is 11.5 Å². The number of nitrogens with zero attached hydrogens (tertiary/aromatic N) is 1. The molecule has 1 amide bonds. The molecule has 2 aromatic rings. The SMILES string of the molecule is COc1cccc(C(=O)Nc2cc(Br)ccc2N2CCOCC2)c1OC(F)F. The zero-order valence-corrected chi connectivity index (χ0v) is 16.7. The van der Waals surface area contributed by atoms with Crippen LogP contribution in [0, 0.1) is 0 Å². The maximum Gasteiger partial charge on any atom is 0.387 e. The Morgan fingerprint density at radius 3 is 2.68 bits per heavy atom. The summed E-state index contributed by atoms with van der Waals surface area (Å²) in [5, 5.41) is 2.80. The molecule has 0 radical (unpaired) electrons. The maximum absolute atomic E-state index is 12.9. The van der Waals surface area contributed by atoms with E-state index in [4.69, 9.17) is 9.47 Å². The number of anilines is 2.